The van der Waals surface area contributed by atoms with Crippen LogP contribution in [0.5, 0.6) is 0 Å². The predicted octanol–water partition coefficient (Wildman–Crippen LogP) is 3.71. The standard InChI is InChI=1S/C25H28FN5O3/c1-17-14-21(29-25(28-17)30-10-12-33-13-11-30)24(32)31-9-3-2-4-22(31)23-27-16-20(34-23)15-18-5-7-19(26)8-6-18/h5-8,14,16,22H,2-4,9-13,15H2,1H3. The minimum absolute atomic E-state index is 0.136. The Kier molecular flexibility index (Phi) is 6.53. The van der Waals surface area contributed by atoms with Crippen LogP contribution in [0.25, 0.3) is 0 Å². The largest absolute Gasteiger partial charge is 0.443 e. The van der Waals surface area contributed by atoms with E-state index < -0.39 is 0 Å². The molecule has 1 aromatic carbocycles. The molecule has 9 heteroatoms. The van der Waals surface area contributed by atoms with Crippen LogP contribution in [0.3, 0.4) is 0 Å². The number of rotatable bonds is 5. The van der Waals surface area contributed by atoms with Gasteiger partial charge in [0, 0.05) is 31.7 Å². The zero-order valence-electron chi connectivity index (χ0n) is 19.2. The summed E-state index contributed by atoms with van der Waals surface area (Å²) in [5.41, 5.74) is 2.08. The van der Waals surface area contributed by atoms with Crippen LogP contribution in [0.2, 0.25) is 0 Å². The number of likely N-dealkylation sites (tertiary alicyclic amines) is 1. The summed E-state index contributed by atoms with van der Waals surface area (Å²) in [4.78, 5) is 31.1. The molecule has 1 amide bonds. The van der Waals surface area contributed by atoms with Gasteiger partial charge in [0.15, 0.2) is 0 Å². The molecule has 178 valence electrons. The van der Waals surface area contributed by atoms with Crippen LogP contribution in [0, 0.1) is 12.7 Å². The second kappa shape index (κ2) is 9.89. The van der Waals surface area contributed by atoms with E-state index in [2.05, 4.69) is 19.9 Å². The number of nitrogens with zero attached hydrogens (tertiary/aromatic N) is 5. The molecule has 4 heterocycles. The fourth-order valence-electron chi connectivity index (χ4n) is 4.51. The molecule has 0 radical (unpaired) electrons. The Morgan fingerprint density at radius 1 is 1.12 bits per heavy atom. The highest BCUT2D eigenvalue weighted by atomic mass is 19.1. The van der Waals surface area contributed by atoms with Crippen LogP contribution in [0.4, 0.5) is 10.3 Å². The molecule has 1 unspecified atom stereocenters. The maximum Gasteiger partial charge on any atom is 0.273 e. The van der Waals surface area contributed by atoms with Gasteiger partial charge in [0.2, 0.25) is 11.8 Å². The van der Waals surface area contributed by atoms with Crippen molar-refractivity contribution in [3.63, 3.8) is 0 Å². The number of carbonyl (C=O) groups excluding carboxylic acids is 1. The molecule has 0 saturated carbocycles. The van der Waals surface area contributed by atoms with Gasteiger partial charge in [-0.05, 0) is 49.9 Å². The maximum absolute atomic E-state index is 13.6. The summed E-state index contributed by atoms with van der Waals surface area (Å²) < 4.78 is 24.7. The lowest BCUT2D eigenvalue weighted by Crippen LogP contribution is -2.40. The zero-order chi connectivity index (χ0) is 23.5. The summed E-state index contributed by atoms with van der Waals surface area (Å²) in [6, 6.07) is 7.83. The quantitative estimate of drug-likeness (QED) is 0.568. The van der Waals surface area contributed by atoms with Crippen molar-refractivity contribution in [2.45, 2.75) is 38.6 Å². The molecule has 3 aromatic rings. The minimum Gasteiger partial charge on any atom is -0.443 e. The molecule has 0 N–H and O–H groups in total. The molecule has 0 spiro atoms. The molecule has 8 nitrogen and oxygen atoms in total. The summed E-state index contributed by atoms with van der Waals surface area (Å²) in [7, 11) is 0. The van der Waals surface area contributed by atoms with Gasteiger partial charge in [0.25, 0.3) is 5.91 Å². The lowest BCUT2D eigenvalue weighted by Gasteiger charge is -2.34. The number of anilines is 1. The summed E-state index contributed by atoms with van der Waals surface area (Å²) in [6.07, 6.45) is 4.91. The number of ether oxygens (including phenoxy) is 1. The van der Waals surface area contributed by atoms with E-state index >= 15 is 0 Å². The van der Waals surface area contributed by atoms with Crippen molar-refractivity contribution in [3.8, 4) is 0 Å². The molecule has 0 bridgehead atoms. The number of halogens is 1. The van der Waals surface area contributed by atoms with Crippen molar-refractivity contribution in [2.24, 2.45) is 0 Å². The Bertz CT molecular complexity index is 1140. The van der Waals surface area contributed by atoms with Gasteiger partial charge in [-0.3, -0.25) is 4.79 Å². The van der Waals surface area contributed by atoms with E-state index in [-0.39, 0.29) is 17.8 Å². The third-order valence-corrected chi connectivity index (χ3v) is 6.27. The van der Waals surface area contributed by atoms with Crippen molar-refractivity contribution in [1.29, 1.82) is 0 Å². The number of amides is 1. The molecule has 34 heavy (non-hydrogen) atoms. The number of hydrogen-bond donors (Lipinski definition) is 0. The van der Waals surface area contributed by atoms with Crippen molar-refractivity contribution in [1.82, 2.24) is 19.9 Å². The average Bonchev–Trinajstić information content (AvgIpc) is 3.33. The Labute approximate surface area is 197 Å². The molecule has 5 rings (SSSR count). The Morgan fingerprint density at radius 3 is 2.71 bits per heavy atom. The van der Waals surface area contributed by atoms with E-state index in [9.17, 15) is 9.18 Å². The van der Waals surface area contributed by atoms with Crippen LogP contribution < -0.4 is 4.90 Å². The molecule has 2 saturated heterocycles. The number of oxazole rings is 1. The number of morpholine rings is 1. The molecule has 2 aromatic heterocycles. The van der Waals surface area contributed by atoms with Crippen LogP contribution in [0.1, 0.15) is 58.7 Å². The second-order valence-corrected chi connectivity index (χ2v) is 8.77. The van der Waals surface area contributed by atoms with Gasteiger partial charge in [-0.2, -0.15) is 0 Å². The van der Waals surface area contributed by atoms with E-state index in [0.29, 0.717) is 62.6 Å². The van der Waals surface area contributed by atoms with Crippen LogP contribution in [-0.4, -0.2) is 58.6 Å². The molecule has 2 aliphatic rings. The third-order valence-electron chi connectivity index (χ3n) is 6.27. The van der Waals surface area contributed by atoms with Crippen LogP contribution >= 0.6 is 0 Å². The molecule has 0 aliphatic carbocycles. The highest BCUT2D eigenvalue weighted by Crippen LogP contribution is 2.32. The molecule has 1 atom stereocenters. The van der Waals surface area contributed by atoms with E-state index in [1.54, 1.807) is 24.4 Å². The summed E-state index contributed by atoms with van der Waals surface area (Å²) in [6.45, 7) is 5.16. The van der Waals surface area contributed by atoms with Gasteiger partial charge < -0.3 is 19.0 Å². The van der Waals surface area contributed by atoms with Gasteiger partial charge >= 0.3 is 0 Å². The normalized spacial score (nSPS) is 18.8. The summed E-state index contributed by atoms with van der Waals surface area (Å²) in [5, 5.41) is 0. The second-order valence-electron chi connectivity index (χ2n) is 8.77. The highest BCUT2D eigenvalue weighted by Gasteiger charge is 2.33. The van der Waals surface area contributed by atoms with E-state index in [4.69, 9.17) is 9.15 Å². The fourth-order valence-corrected chi connectivity index (χ4v) is 4.51. The van der Waals surface area contributed by atoms with Crippen LogP contribution in [0.15, 0.2) is 40.9 Å². The first kappa shape index (κ1) is 22.5. The minimum atomic E-state index is -0.268. The fraction of sp³-hybridized carbons (Fsp3) is 0.440. The van der Waals surface area contributed by atoms with Crippen molar-refractivity contribution in [2.75, 3.05) is 37.7 Å². The number of carbonyl (C=O) groups is 1. The SMILES string of the molecule is Cc1cc(C(=O)N2CCCCC2c2ncc(Cc3ccc(F)cc3)o2)nc(N2CCOCC2)n1. The first-order valence-electron chi connectivity index (χ1n) is 11.8. The lowest BCUT2D eigenvalue weighted by molar-refractivity contribution is 0.0563. The van der Waals surface area contributed by atoms with E-state index in [1.807, 2.05) is 11.8 Å². The monoisotopic (exact) mass is 465 g/mol. The maximum atomic E-state index is 13.6. The summed E-state index contributed by atoms with van der Waals surface area (Å²) >= 11 is 0. The third kappa shape index (κ3) is 4.94. The van der Waals surface area contributed by atoms with Gasteiger partial charge in [-0.25, -0.2) is 19.3 Å². The summed E-state index contributed by atoms with van der Waals surface area (Å²) in [5.74, 6) is 1.38. The van der Waals surface area contributed by atoms with Gasteiger partial charge in [0.05, 0.1) is 19.4 Å². The smallest absolute Gasteiger partial charge is 0.273 e. The number of hydrogen-bond acceptors (Lipinski definition) is 7. The topological polar surface area (TPSA) is 84.6 Å². The first-order valence-corrected chi connectivity index (χ1v) is 11.8. The van der Waals surface area contributed by atoms with Crippen LogP contribution in [-0.2, 0) is 11.2 Å². The molecule has 2 fully saturated rings. The van der Waals surface area contributed by atoms with Crippen molar-refractivity contribution in [3.05, 3.63) is 70.9 Å². The van der Waals surface area contributed by atoms with Gasteiger partial charge in [0.1, 0.15) is 23.3 Å². The molecular weight excluding hydrogens is 437 g/mol. The molecular formula is C25H28FN5O3. The number of benzene rings is 1. The highest BCUT2D eigenvalue weighted by molar-refractivity contribution is 5.93. The Hall–Kier alpha value is -3.33. The zero-order valence-corrected chi connectivity index (χ0v) is 19.2. The Balaban J connectivity index is 1.36. The predicted molar refractivity (Wildman–Crippen MR) is 123 cm³/mol. The number of aryl methyl sites for hydroxylation is 1. The Morgan fingerprint density at radius 2 is 1.91 bits per heavy atom. The van der Waals surface area contributed by atoms with E-state index in [0.717, 1.165) is 30.5 Å². The van der Waals surface area contributed by atoms with E-state index in [1.165, 1.54) is 12.1 Å². The van der Waals surface area contributed by atoms with Gasteiger partial charge in [-0.15, -0.1) is 0 Å². The average molecular weight is 466 g/mol. The lowest BCUT2D eigenvalue weighted by atomic mass is 10.0. The number of piperidine rings is 1. The first-order chi connectivity index (χ1) is 16.6. The molecule has 2 aliphatic heterocycles. The van der Waals surface area contributed by atoms with Crippen molar-refractivity contribution < 1.29 is 18.3 Å². The van der Waals surface area contributed by atoms with Gasteiger partial charge in [-0.1, -0.05) is 12.1 Å². The number of aromatic nitrogens is 3. The van der Waals surface area contributed by atoms with Crippen molar-refractivity contribution >= 4 is 11.9 Å².